The first-order valence-corrected chi connectivity index (χ1v) is 10.2. The minimum absolute atomic E-state index is 0.239. The first-order valence-electron chi connectivity index (χ1n) is 8.43. The molecule has 1 aliphatic heterocycles. The number of hydrogen-bond donors (Lipinski definition) is 0. The van der Waals surface area contributed by atoms with Crippen LogP contribution in [0.5, 0.6) is 5.75 Å². The Hall–Kier alpha value is -1.74. The Morgan fingerprint density at radius 1 is 1.00 bits per heavy atom. The van der Waals surface area contributed by atoms with Crippen molar-refractivity contribution in [2.75, 3.05) is 39.3 Å². The molecule has 27 heavy (non-hydrogen) atoms. The van der Waals surface area contributed by atoms with Gasteiger partial charge in [-0.1, -0.05) is 23.7 Å². The number of hydrogen-bond acceptors (Lipinski definition) is 4. The van der Waals surface area contributed by atoms with E-state index in [0.29, 0.717) is 43.1 Å². The molecule has 2 aromatic rings. The largest absolute Gasteiger partial charge is 0.491 e. The van der Waals surface area contributed by atoms with Gasteiger partial charge >= 0.3 is 0 Å². The molecule has 1 heterocycles. The third-order valence-electron chi connectivity index (χ3n) is 4.36. The predicted molar refractivity (Wildman–Crippen MR) is 98.5 cm³/mol. The van der Waals surface area contributed by atoms with Gasteiger partial charge in [-0.15, -0.1) is 0 Å². The second-order valence-corrected chi connectivity index (χ2v) is 8.45. The minimum atomic E-state index is -3.84. The molecule has 0 atom stereocenters. The van der Waals surface area contributed by atoms with E-state index >= 15 is 0 Å². The van der Waals surface area contributed by atoms with Crippen molar-refractivity contribution in [2.24, 2.45) is 0 Å². The van der Waals surface area contributed by atoms with Crippen LogP contribution in [0.1, 0.15) is 0 Å². The molecule has 1 fully saturated rings. The lowest BCUT2D eigenvalue weighted by molar-refractivity contribution is 0.159. The van der Waals surface area contributed by atoms with Gasteiger partial charge in [-0.2, -0.15) is 4.31 Å². The Morgan fingerprint density at radius 2 is 1.70 bits per heavy atom. The lowest BCUT2D eigenvalue weighted by Crippen LogP contribution is -2.49. The van der Waals surface area contributed by atoms with Gasteiger partial charge in [0.1, 0.15) is 12.4 Å². The summed E-state index contributed by atoms with van der Waals surface area (Å²) in [5.41, 5.74) is 0. The van der Waals surface area contributed by atoms with E-state index in [1.165, 1.54) is 4.31 Å². The molecule has 1 saturated heterocycles. The SMILES string of the molecule is O=S(=O)(c1ccc(F)c(F)c1)N1CCN(CCOc2ccccc2Cl)CC1. The monoisotopic (exact) mass is 416 g/mol. The first kappa shape index (κ1) is 20.0. The summed E-state index contributed by atoms with van der Waals surface area (Å²) < 4.78 is 58.5. The number of sulfonamides is 1. The highest BCUT2D eigenvalue weighted by Crippen LogP contribution is 2.23. The van der Waals surface area contributed by atoms with Crippen molar-refractivity contribution in [2.45, 2.75) is 4.90 Å². The van der Waals surface area contributed by atoms with Gasteiger partial charge in [-0.05, 0) is 30.3 Å². The van der Waals surface area contributed by atoms with Gasteiger partial charge in [0.25, 0.3) is 0 Å². The third kappa shape index (κ3) is 4.76. The molecular weight excluding hydrogens is 398 g/mol. The molecule has 0 saturated carbocycles. The molecule has 0 bridgehead atoms. The van der Waals surface area contributed by atoms with Gasteiger partial charge in [0.2, 0.25) is 10.0 Å². The van der Waals surface area contributed by atoms with Crippen LogP contribution in [-0.2, 0) is 10.0 Å². The summed E-state index contributed by atoms with van der Waals surface area (Å²) in [6.07, 6.45) is 0. The van der Waals surface area contributed by atoms with E-state index in [-0.39, 0.29) is 18.0 Å². The van der Waals surface area contributed by atoms with Crippen molar-refractivity contribution in [3.8, 4) is 5.75 Å². The van der Waals surface area contributed by atoms with Crippen LogP contribution >= 0.6 is 11.6 Å². The van der Waals surface area contributed by atoms with Crippen LogP contribution < -0.4 is 4.74 Å². The molecule has 146 valence electrons. The van der Waals surface area contributed by atoms with Crippen LogP contribution in [-0.4, -0.2) is 57.0 Å². The lowest BCUT2D eigenvalue weighted by atomic mass is 10.3. The predicted octanol–water partition coefficient (Wildman–Crippen LogP) is 3.00. The Bertz CT molecular complexity index is 903. The van der Waals surface area contributed by atoms with Crippen molar-refractivity contribution in [1.82, 2.24) is 9.21 Å². The fraction of sp³-hybridized carbons (Fsp3) is 0.333. The van der Waals surface area contributed by atoms with Gasteiger partial charge in [0.15, 0.2) is 11.6 Å². The Morgan fingerprint density at radius 3 is 2.37 bits per heavy atom. The summed E-state index contributed by atoms with van der Waals surface area (Å²) in [7, 11) is -3.84. The zero-order valence-electron chi connectivity index (χ0n) is 14.4. The zero-order valence-corrected chi connectivity index (χ0v) is 16.0. The van der Waals surface area contributed by atoms with E-state index < -0.39 is 21.7 Å². The molecule has 9 heteroatoms. The molecule has 0 spiro atoms. The third-order valence-corrected chi connectivity index (χ3v) is 6.57. The van der Waals surface area contributed by atoms with Gasteiger partial charge in [0, 0.05) is 32.7 Å². The Labute approximate surface area is 162 Å². The summed E-state index contributed by atoms with van der Waals surface area (Å²) >= 11 is 6.03. The van der Waals surface area contributed by atoms with E-state index in [4.69, 9.17) is 16.3 Å². The minimum Gasteiger partial charge on any atom is -0.491 e. The molecule has 0 unspecified atom stereocenters. The van der Waals surface area contributed by atoms with Gasteiger partial charge in [0.05, 0.1) is 9.92 Å². The normalized spacial score (nSPS) is 16.4. The number of piperazine rings is 1. The number of para-hydroxylation sites is 1. The molecule has 0 radical (unpaired) electrons. The zero-order chi connectivity index (χ0) is 19.4. The number of ether oxygens (including phenoxy) is 1. The fourth-order valence-corrected chi connectivity index (χ4v) is 4.45. The van der Waals surface area contributed by atoms with Crippen molar-refractivity contribution in [1.29, 1.82) is 0 Å². The van der Waals surface area contributed by atoms with E-state index in [2.05, 4.69) is 4.90 Å². The summed E-state index contributed by atoms with van der Waals surface area (Å²) in [5.74, 6) is -1.64. The van der Waals surface area contributed by atoms with Gasteiger partial charge < -0.3 is 4.74 Å². The first-order chi connectivity index (χ1) is 12.9. The summed E-state index contributed by atoms with van der Waals surface area (Å²) in [6, 6.07) is 9.81. The highest BCUT2D eigenvalue weighted by molar-refractivity contribution is 7.89. The van der Waals surface area contributed by atoms with Crippen LogP contribution in [0.15, 0.2) is 47.4 Å². The van der Waals surface area contributed by atoms with Crippen molar-refractivity contribution in [3.05, 3.63) is 59.1 Å². The van der Waals surface area contributed by atoms with Crippen molar-refractivity contribution in [3.63, 3.8) is 0 Å². The number of benzene rings is 2. The number of rotatable bonds is 6. The highest BCUT2D eigenvalue weighted by atomic mass is 35.5. The molecule has 0 aliphatic carbocycles. The Kier molecular flexibility index (Phi) is 6.31. The standard InChI is InChI=1S/C18H19ClF2N2O3S/c19-15-3-1-2-4-18(15)26-12-11-22-7-9-23(10-8-22)27(24,25)14-5-6-16(20)17(21)13-14/h1-6,13H,7-12H2. The fourth-order valence-electron chi connectivity index (χ4n) is 2.83. The number of nitrogens with zero attached hydrogens (tertiary/aromatic N) is 2. The molecule has 2 aromatic carbocycles. The molecule has 0 N–H and O–H groups in total. The van der Waals surface area contributed by atoms with Crippen LogP contribution in [0, 0.1) is 11.6 Å². The molecule has 0 aromatic heterocycles. The van der Waals surface area contributed by atoms with E-state index in [1.807, 2.05) is 12.1 Å². The van der Waals surface area contributed by atoms with Gasteiger partial charge in [-0.25, -0.2) is 17.2 Å². The van der Waals surface area contributed by atoms with E-state index in [0.717, 1.165) is 12.1 Å². The maximum absolute atomic E-state index is 13.4. The summed E-state index contributed by atoms with van der Waals surface area (Å²) in [5, 5.41) is 0.542. The average Bonchev–Trinajstić information content (AvgIpc) is 2.66. The summed E-state index contributed by atoms with van der Waals surface area (Å²) in [6.45, 7) is 2.65. The average molecular weight is 417 g/mol. The molecule has 1 aliphatic rings. The smallest absolute Gasteiger partial charge is 0.243 e. The van der Waals surface area contributed by atoms with Crippen LogP contribution in [0.25, 0.3) is 0 Å². The van der Waals surface area contributed by atoms with Crippen molar-refractivity contribution < 1.29 is 21.9 Å². The second-order valence-electron chi connectivity index (χ2n) is 6.10. The molecule has 0 amide bonds. The Balaban J connectivity index is 1.52. The van der Waals surface area contributed by atoms with E-state index in [1.54, 1.807) is 12.1 Å². The maximum Gasteiger partial charge on any atom is 0.243 e. The van der Waals surface area contributed by atoms with Crippen LogP contribution in [0.3, 0.4) is 0 Å². The molecule has 5 nitrogen and oxygen atoms in total. The van der Waals surface area contributed by atoms with Crippen LogP contribution in [0.4, 0.5) is 8.78 Å². The molecule has 3 rings (SSSR count). The van der Waals surface area contributed by atoms with Gasteiger partial charge in [-0.3, -0.25) is 4.90 Å². The van der Waals surface area contributed by atoms with E-state index in [9.17, 15) is 17.2 Å². The quantitative estimate of drug-likeness (QED) is 0.726. The topological polar surface area (TPSA) is 49.9 Å². The van der Waals surface area contributed by atoms with Crippen molar-refractivity contribution >= 4 is 21.6 Å². The lowest BCUT2D eigenvalue weighted by Gasteiger charge is -2.33. The maximum atomic E-state index is 13.4. The number of halogens is 3. The van der Waals surface area contributed by atoms with Crippen LogP contribution in [0.2, 0.25) is 5.02 Å². The highest BCUT2D eigenvalue weighted by Gasteiger charge is 2.29. The second kappa shape index (κ2) is 8.52. The molecular formula is C18H19ClF2N2O3S. The summed E-state index contributed by atoms with van der Waals surface area (Å²) in [4.78, 5) is 1.84.